The van der Waals surface area contributed by atoms with Gasteiger partial charge in [-0.25, -0.2) is 0 Å². The van der Waals surface area contributed by atoms with Gasteiger partial charge in [-0.1, -0.05) is 12.1 Å². The number of piperidine rings is 1. The van der Waals surface area contributed by atoms with Crippen LogP contribution in [0.4, 0.5) is 0 Å². The number of nitrogens with one attached hydrogen (secondary N) is 2. The molecule has 1 aliphatic heterocycles. The first-order valence-electron chi connectivity index (χ1n) is 6.51. The first-order chi connectivity index (χ1) is 8.77. The highest BCUT2D eigenvalue weighted by Gasteiger charge is 2.13. The molecule has 1 aliphatic rings. The van der Waals surface area contributed by atoms with Crippen molar-refractivity contribution in [3.05, 3.63) is 34.3 Å². The Morgan fingerprint density at radius 2 is 2.21 bits per heavy atom. The number of carbonyl (C=O) groups excluding carboxylic acids is 1. The van der Waals surface area contributed by atoms with E-state index in [1.165, 1.54) is 12.8 Å². The van der Waals surface area contributed by atoms with E-state index in [4.69, 9.17) is 0 Å². The summed E-state index contributed by atoms with van der Waals surface area (Å²) in [6.07, 6.45) is 3.59. The second kappa shape index (κ2) is 8.56. The van der Waals surface area contributed by atoms with E-state index >= 15 is 0 Å². The fourth-order valence-corrected chi connectivity index (χ4v) is 2.77. The van der Waals surface area contributed by atoms with Gasteiger partial charge < -0.3 is 10.6 Å². The van der Waals surface area contributed by atoms with Crippen molar-refractivity contribution in [2.45, 2.75) is 19.3 Å². The number of carbonyl (C=O) groups is 1. The highest BCUT2D eigenvalue weighted by molar-refractivity contribution is 9.10. The molecule has 1 amide bonds. The summed E-state index contributed by atoms with van der Waals surface area (Å²) in [5.74, 6) is 0.713. The van der Waals surface area contributed by atoms with E-state index in [1.54, 1.807) is 0 Å². The molecule has 19 heavy (non-hydrogen) atoms. The molecule has 1 aromatic carbocycles. The maximum absolute atomic E-state index is 12.0. The highest BCUT2D eigenvalue weighted by atomic mass is 79.9. The Kier molecular flexibility index (Phi) is 7.42. The summed E-state index contributed by atoms with van der Waals surface area (Å²) in [6, 6.07) is 7.51. The maximum Gasteiger partial charge on any atom is 0.252 e. The third-order valence-electron chi connectivity index (χ3n) is 3.36. The summed E-state index contributed by atoms with van der Waals surface area (Å²) in [7, 11) is 0. The van der Waals surface area contributed by atoms with Gasteiger partial charge in [0.2, 0.25) is 0 Å². The average molecular weight is 348 g/mol. The monoisotopic (exact) mass is 346 g/mol. The fourth-order valence-electron chi connectivity index (χ4n) is 2.30. The SMILES string of the molecule is Cl.O=C(NCCC1CCCNC1)c1ccccc1Br. The van der Waals surface area contributed by atoms with Crippen LogP contribution >= 0.6 is 28.3 Å². The molecule has 1 saturated heterocycles. The Hall–Kier alpha value is -0.580. The Balaban J connectivity index is 0.00000180. The van der Waals surface area contributed by atoms with Crippen molar-refractivity contribution >= 4 is 34.2 Å². The van der Waals surface area contributed by atoms with Gasteiger partial charge in [0.25, 0.3) is 5.91 Å². The van der Waals surface area contributed by atoms with Gasteiger partial charge in [0.1, 0.15) is 0 Å². The Labute approximate surface area is 129 Å². The van der Waals surface area contributed by atoms with Crippen molar-refractivity contribution < 1.29 is 4.79 Å². The van der Waals surface area contributed by atoms with Crippen molar-refractivity contribution in [2.24, 2.45) is 5.92 Å². The quantitative estimate of drug-likeness (QED) is 0.879. The fraction of sp³-hybridized carbons (Fsp3) is 0.500. The third-order valence-corrected chi connectivity index (χ3v) is 4.05. The van der Waals surface area contributed by atoms with Gasteiger partial charge >= 0.3 is 0 Å². The molecule has 3 nitrogen and oxygen atoms in total. The van der Waals surface area contributed by atoms with Crippen LogP contribution in [0, 0.1) is 5.92 Å². The van der Waals surface area contributed by atoms with Crippen LogP contribution in [-0.2, 0) is 0 Å². The van der Waals surface area contributed by atoms with E-state index in [9.17, 15) is 4.79 Å². The van der Waals surface area contributed by atoms with Crippen LogP contribution in [0.5, 0.6) is 0 Å². The van der Waals surface area contributed by atoms with Crippen LogP contribution < -0.4 is 10.6 Å². The van der Waals surface area contributed by atoms with Crippen LogP contribution in [0.1, 0.15) is 29.6 Å². The molecule has 1 unspecified atom stereocenters. The van der Waals surface area contributed by atoms with Gasteiger partial charge in [-0.3, -0.25) is 4.79 Å². The van der Waals surface area contributed by atoms with Crippen LogP contribution in [0.2, 0.25) is 0 Å². The largest absolute Gasteiger partial charge is 0.352 e. The van der Waals surface area contributed by atoms with Crippen LogP contribution in [0.3, 0.4) is 0 Å². The molecule has 0 aliphatic carbocycles. The van der Waals surface area contributed by atoms with E-state index in [1.807, 2.05) is 24.3 Å². The summed E-state index contributed by atoms with van der Waals surface area (Å²) < 4.78 is 0.849. The summed E-state index contributed by atoms with van der Waals surface area (Å²) in [5, 5.41) is 6.38. The number of hydrogen-bond acceptors (Lipinski definition) is 2. The molecule has 5 heteroatoms. The minimum absolute atomic E-state index is 0. The van der Waals surface area contributed by atoms with Gasteiger partial charge in [-0.2, -0.15) is 0 Å². The maximum atomic E-state index is 12.0. The number of amides is 1. The topological polar surface area (TPSA) is 41.1 Å². The van der Waals surface area contributed by atoms with Crippen LogP contribution in [0.25, 0.3) is 0 Å². The normalized spacial score (nSPS) is 18.5. The predicted molar refractivity (Wildman–Crippen MR) is 83.9 cm³/mol. The summed E-state index contributed by atoms with van der Waals surface area (Å²) in [6.45, 7) is 2.98. The van der Waals surface area contributed by atoms with Gasteiger partial charge in [-0.15, -0.1) is 12.4 Å². The van der Waals surface area contributed by atoms with E-state index < -0.39 is 0 Å². The zero-order valence-electron chi connectivity index (χ0n) is 10.8. The molecular formula is C14H20BrClN2O. The van der Waals surface area contributed by atoms with E-state index in [0.717, 1.165) is 30.5 Å². The van der Waals surface area contributed by atoms with E-state index in [0.29, 0.717) is 11.5 Å². The Bertz CT molecular complexity index is 408. The second-order valence-electron chi connectivity index (χ2n) is 4.74. The predicted octanol–water partition coefficient (Wildman–Crippen LogP) is 2.99. The molecule has 1 atom stereocenters. The minimum Gasteiger partial charge on any atom is -0.352 e. The Morgan fingerprint density at radius 3 is 2.89 bits per heavy atom. The molecule has 0 aromatic heterocycles. The van der Waals surface area contributed by atoms with E-state index in [-0.39, 0.29) is 18.3 Å². The molecular weight excluding hydrogens is 328 g/mol. The summed E-state index contributed by atoms with van der Waals surface area (Å²) >= 11 is 3.39. The Morgan fingerprint density at radius 1 is 1.42 bits per heavy atom. The molecule has 1 fully saturated rings. The lowest BCUT2D eigenvalue weighted by atomic mass is 9.96. The summed E-state index contributed by atoms with van der Waals surface area (Å²) in [5.41, 5.74) is 0.708. The van der Waals surface area contributed by atoms with Crippen LogP contribution in [0.15, 0.2) is 28.7 Å². The molecule has 0 spiro atoms. The van der Waals surface area contributed by atoms with Crippen molar-refractivity contribution in [1.82, 2.24) is 10.6 Å². The van der Waals surface area contributed by atoms with E-state index in [2.05, 4.69) is 26.6 Å². The zero-order chi connectivity index (χ0) is 12.8. The van der Waals surface area contributed by atoms with Crippen molar-refractivity contribution in [3.8, 4) is 0 Å². The molecule has 0 bridgehead atoms. The van der Waals surface area contributed by atoms with Crippen molar-refractivity contribution in [1.29, 1.82) is 0 Å². The van der Waals surface area contributed by atoms with Gasteiger partial charge in [0, 0.05) is 11.0 Å². The number of hydrogen-bond donors (Lipinski definition) is 2. The standard InChI is InChI=1S/C14H19BrN2O.ClH/c15-13-6-2-1-5-12(13)14(18)17-9-7-11-4-3-8-16-10-11;/h1-2,5-6,11,16H,3-4,7-10H2,(H,17,18);1H. The molecule has 2 rings (SSSR count). The van der Waals surface area contributed by atoms with Crippen LogP contribution in [-0.4, -0.2) is 25.5 Å². The lowest BCUT2D eigenvalue weighted by Crippen LogP contribution is -2.33. The van der Waals surface area contributed by atoms with Crippen molar-refractivity contribution in [2.75, 3.05) is 19.6 Å². The lowest BCUT2D eigenvalue weighted by molar-refractivity contribution is 0.0950. The molecule has 2 N–H and O–H groups in total. The number of halogens is 2. The molecule has 0 saturated carbocycles. The first-order valence-corrected chi connectivity index (χ1v) is 7.30. The van der Waals surface area contributed by atoms with Crippen molar-refractivity contribution in [3.63, 3.8) is 0 Å². The molecule has 0 radical (unpaired) electrons. The molecule has 1 aromatic rings. The number of rotatable bonds is 4. The molecule has 106 valence electrons. The zero-order valence-corrected chi connectivity index (χ0v) is 13.2. The lowest BCUT2D eigenvalue weighted by Gasteiger charge is -2.22. The molecule has 1 heterocycles. The summed E-state index contributed by atoms with van der Waals surface area (Å²) in [4.78, 5) is 12.0. The van der Waals surface area contributed by atoms with Gasteiger partial charge in [0.15, 0.2) is 0 Å². The number of benzene rings is 1. The minimum atomic E-state index is 0. The second-order valence-corrected chi connectivity index (χ2v) is 5.59. The highest BCUT2D eigenvalue weighted by Crippen LogP contribution is 2.16. The van der Waals surface area contributed by atoms with Gasteiger partial charge in [0.05, 0.1) is 5.56 Å². The average Bonchev–Trinajstić information content (AvgIpc) is 2.40. The first kappa shape index (κ1) is 16.5. The van der Waals surface area contributed by atoms with Gasteiger partial charge in [-0.05, 0) is 66.3 Å². The third kappa shape index (κ3) is 5.13. The smallest absolute Gasteiger partial charge is 0.252 e.